The zero-order valence-electron chi connectivity index (χ0n) is 20.0. The molecule has 0 aliphatic heterocycles. The zero-order chi connectivity index (χ0) is 20.0. The first-order valence-corrected chi connectivity index (χ1v) is 14.9. The van der Waals surface area contributed by atoms with Crippen LogP contribution in [0.2, 0.25) is 0 Å². The van der Waals surface area contributed by atoms with Gasteiger partial charge in [0.2, 0.25) is 0 Å². The van der Waals surface area contributed by atoms with E-state index in [9.17, 15) is 0 Å². The molecule has 0 amide bonds. The van der Waals surface area contributed by atoms with E-state index in [1.54, 1.807) is 89.9 Å². The molecular formula is C30H48. The molecule has 10 atom stereocenters. The van der Waals surface area contributed by atoms with E-state index in [1.807, 2.05) is 13.8 Å². The SMILES string of the molecule is C1CCC2C(C1)C1CCC3C4CCC5CCC6CCC(C7CCC2C1C37)C4C56.CC. The van der Waals surface area contributed by atoms with Crippen LogP contribution in [0.1, 0.15) is 104 Å². The highest BCUT2D eigenvalue weighted by atomic mass is 14.7. The van der Waals surface area contributed by atoms with Gasteiger partial charge in [0, 0.05) is 0 Å². The predicted molar refractivity (Wildman–Crippen MR) is 125 cm³/mol. The molecule has 0 spiro atoms. The van der Waals surface area contributed by atoms with Crippen LogP contribution in [0.3, 0.4) is 0 Å². The summed E-state index contributed by atoms with van der Waals surface area (Å²) in [5, 5.41) is 0. The van der Waals surface area contributed by atoms with Crippen LogP contribution >= 0.6 is 0 Å². The van der Waals surface area contributed by atoms with Crippen molar-refractivity contribution < 1.29 is 0 Å². The standard InChI is InChI=1S/C28H42.C2H6/c1-2-4-18-17(3-1)19-11-13-23-21-9-7-15-5-6-16-8-10-22(26(21)25(15)16)24-14-12-20(18)27(19)28(23)24;1-2/h15-28H,1-14H2;1-2H3. The molecule has 168 valence electrons. The molecule has 0 nitrogen and oxygen atoms in total. The summed E-state index contributed by atoms with van der Waals surface area (Å²) in [7, 11) is 0. The third-order valence-electron chi connectivity index (χ3n) is 13.3. The summed E-state index contributed by atoms with van der Waals surface area (Å²) < 4.78 is 0. The number of hydrogen-bond donors (Lipinski definition) is 0. The van der Waals surface area contributed by atoms with Crippen molar-refractivity contribution in [2.75, 3.05) is 0 Å². The van der Waals surface area contributed by atoms with E-state index in [0.717, 1.165) is 0 Å². The zero-order valence-corrected chi connectivity index (χ0v) is 20.0. The quantitative estimate of drug-likeness (QED) is 0.379. The van der Waals surface area contributed by atoms with Gasteiger partial charge in [0.15, 0.2) is 0 Å². The van der Waals surface area contributed by atoms with E-state index in [0.29, 0.717) is 0 Å². The average Bonchev–Trinajstić information content (AvgIpc) is 3.39. The molecule has 8 fully saturated rings. The molecule has 8 aliphatic carbocycles. The summed E-state index contributed by atoms with van der Waals surface area (Å²) in [6, 6.07) is 0. The van der Waals surface area contributed by atoms with Gasteiger partial charge in [-0.15, -0.1) is 0 Å². The molecule has 0 aromatic rings. The first kappa shape index (κ1) is 19.5. The fourth-order valence-electron chi connectivity index (χ4n) is 13.2. The van der Waals surface area contributed by atoms with Gasteiger partial charge in [-0.2, -0.15) is 0 Å². The Bertz CT molecular complexity index is 598. The molecule has 0 radical (unpaired) electrons. The summed E-state index contributed by atoms with van der Waals surface area (Å²) in [6.07, 6.45) is 23.0. The topological polar surface area (TPSA) is 0 Å². The van der Waals surface area contributed by atoms with E-state index in [-0.39, 0.29) is 0 Å². The van der Waals surface area contributed by atoms with Crippen LogP contribution in [0.15, 0.2) is 0 Å². The first-order valence-electron chi connectivity index (χ1n) is 14.9. The Morgan fingerprint density at radius 3 is 1.03 bits per heavy atom. The molecule has 8 aliphatic rings. The van der Waals surface area contributed by atoms with E-state index in [1.165, 1.54) is 82.9 Å². The number of hydrogen-bond acceptors (Lipinski definition) is 0. The lowest BCUT2D eigenvalue weighted by Crippen LogP contribution is -2.59. The van der Waals surface area contributed by atoms with Crippen LogP contribution in [0, 0.1) is 82.9 Å². The van der Waals surface area contributed by atoms with Gasteiger partial charge in [-0.3, -0.25) is 0 Å². The maximum absolute atomic E-state index is 2.00. The predicted octanol–water partition coefficient (Wildman–Crippen LogP) is 8.21. The Morgan fingerprint density at radius 2 is 0.600 bits per heavy atom. The van der Waals surface area contributed by atoms with Gasteiger partial charge >= 0.3 is 0 Å². The van der Waals surface area contributed by atoms with Crippen molar-refractivity contribution in [3.05, 3.63) is 0 Å². The van der Waals surface area contributed by atoms with Crippen LogP contribution in [0.25, 0.3) is 0 Å². The Hall–Kier alpha value is 0. The van der Waals surface area contributed by atoms with Crippen LogP contribution in [0.4, 0.5) is 0 Å². The molecule has 0 aromatic heterocycles. The Labute approximate surface area is 186 Å². The summed E-state index contributed by atoms with van der Waals surface area (Å²) in [5.41, 5.74) is 0. The van der Waals surface area contributed by atoms with Gasteiger partial charge in [-0.05, 0) is 160 Å². The third kappa shape index (κ3) is 2.41. The molecule has 30 heavy (non-hydrogen) atoms. The Kier molecular flexibility index (Phi) is 4.70. The molecule has 0 heteroatoms. The monoisotopic (exact) mass is 408 g/mol. The minimum Gasteiger partial charge on any atom is -0.0683 e. The molecule has 0 bridgehead atoms. The second-order valence-electron chi connectivity index (χ2n) is 13.3. The molecule has 0 aromatic carbocycles. The lowest BCUT2D eigenvalue weighted by Gasteiger charge is -2.65. The van der Waals surface area contributed by atoms with Gasteiger partial charge in [0.05, 0.1) is 0 Å². The fourth-order valence-corrected chi connectivity index (χ4v) is 13.2. The van der Waals surface area contributed by atoms with Crippen LogP contribution < -0.4 is 0 Å². The highest BCUT2D eigenvalue weighted by Gasteiger charge is 2.66. The first-order chi connectivity index (χ1) is 14.9. The highest BCUT2D eigenvalue weighted by molar-refractivity contribution is 5.14. The van der Waals surface area contributed by atoms with E-state index in [2.05, 4.69) is 0 Å². The molecular weight excluding hydrogens is 360 g/mol. The lowest BCUT2D eigenvalue weighted by molar-refractivity contribution is -0.168. The summed E-state index contributed by atoms with van der Waals surface area (Å²) in [4.78, 5) is 0. The maximum Gasteiger partial charge on any atom is -0.0318 e. The normalized spacial score (nSPS) is 61.8. The van der Waals surface area contributed by atoms with Crippen molar-refractivity contribution in [2.45, 2.75) is 104 Å². The maximum atomic E-state index is 2.00. The summed E-state index contributed by atoms with van der Waals surface area (Å²) in [5.74, 6) is 16.7. The van der Waals surface area contributed by atoms with Crippen LogP contribution in [-0.4, -0.2) is 0 Å². The second kappa shape index (κ2) is 7.25. The largest absolute Gasteiger partial charge is 0.0683 e. The molecule has 0 heterocycles. The molecule has 0 N–H and O–H groups in total. The summed E-state index contributed by atoms with van der Waals surface area (Å²) >= 11 is 0. The number of rotatable bonds is 0. The minimum atomic E-state index is 1.17. The van der Waals surface area contributed by atoms with Crippen LogP contribution in [-0.2, 0) is 0 Å². The van der Waals surface area contributed by atoms with Crippen molar-refractivity contribution in [1.29, 1.82) is 0 Å². The van der Waals surface area contributed by atoms with Gasteiger partial charge in [-0.1, -0.05) is 26.7 Å². The molecule has 8 rings (SSSR count). The van der Waals surface area contributed by atoms with Crippen molar-refractivity contribution in [3.8, 4) is 0 Å². The van der Waals surface area contributed by atoms with E-state index >= 15 is 0 Å². The molecule has 8 saturated carbocycles. The van der Waals surface area contributed by atoms with Gasteiger partial charge in [-0.25, -0.2) is 0 Å². The number of fused-ring (bicyclic) bond motifs is 5. The molecule has 10 unspecified atom stereocenters. The molecule has 0 saturated heterocycles. The highest BCUT2D eigenvalue weighted by Crippen LogP contribution is 2.73. The van der Waals surface area contributed by atoms with Gasteiger partial charge < -0.3 is 0 Å². The lowest BCUT2D eigenvalue weighted by atomic mass is 9.40. The minimum absolute atomic E-state index is 1.17. The third-order valence-corrected chi connectivity index (χ3v) is 13.3. The van der Waals surface area contributed by atoms with E-state index in [4.69, 9.17) is 0 Å². The van der Waals surface area contributed by atoms with Crippen molar-refractivity contribution in [1.82, 2.24) is 0 Å². The summed E-state index contributed by atoms with van der Waals surface area (Å²) in [6.45, 7) is 4.00. The van der Waals surface area contributed by atoms with Crippen molar-refractivity contribution >= 4 is 0 Å². The Balaban J connectivity index is 0.000000789. The second-order valence-corrected chi connectivity index (χ2v) is 13.3. The van der Waals surface area contributed by atoms with Crippen LogP contribution in [0.5, 0.6) is 0 Å². The van der Waals surface area contributed by atoms with Crippen molar-refractivity contribution in [2.24, 2.45) is 82.9 Å². The van der Waals surface area contributed by atoms with E-state index < -0.39 is 0 Å². The van der Waals surface area contributed by atoms with Gasteiger partial charge in [0.25, 0.3) is 0 Å². The van der Waals surface area contributed by atoms with Crippen molar-refractivity contribution in [3.63, 3.8) is 0 Å². The smallest absolute Gasteiger partial charge is 0.0318 e. The Morgan fingerprint density at radius 1 is 0.300 bits per heavy atom. The fraction of sp³-hybridized carbons (Fsp3) is 1.00. The van der Waals surface area contributed by atoms with Gasteiger partial charge in [0.1, 0.15) is 0 Å². The average molecular weight is 409 g/mol.